The molecule has 0 amide bonds. The number of nitrogens with two attached hydrogens (primary N) is 1. The maximum Gasteiger partial charge on any atom is 0.0737 e. The van der Waals surface area contributed by atoms with E-state index in [1.807, 2.05) is 47.5 Å². The Labute approximate surface area is 153 Å². The van der Waals surface area contributed by atoms with Gasteiger partial charge in [-0.25, -0.2) is 5.01 Å². The summed E-state index contributed by atoms with van der Waals surface area (Å²) in [6.45, 7) is 3.74. The minimum Gasteiger partial charge on any atom is -0.382 e. The number of hydrazine groups is 1. The molecule has 0 saturated carbocycles. The summed E-state index contributed by atoms with van der Waals surface area (Å²) >= 11 is 6.05. The maximum absolute atomic E-state index is 6.14. The van der Waals surface area contributed by atoms with E-state index in [-0.39, 0.29) is 0 Å². The van der Waals surface area contributed by atoms with E-state index in [9.17, 15) is 0 Å². The van der Waals surface area contributed by atoms with E-state index in [2.05, 4.69) is 29.4 Å². The second-order valence-electron chi connectivity index (χ2n) is 6.31. The van der Waals surface area contributed by atoms with Gasteiger partial charge in [-0.1, -0.05) is 41.9 Å². The van der Waals surface area contributed by atoms with Gasteiger partial charge in [0, 0.05) is 41.4 Å². The lowest BCUT2D eigenvalue weighted by molar-refractivity contribution is 0.267. The van der Waals surface area contributed by atoms with Crippen LogP contribution in [0, 0.1) is 0 Å². The number of nitrogens with zero attached hydrogens (tertiary/aromatic N) is 2. The topological polar surface area (TPSA) is 54.2 Å². The molecular formula is C20H23ClN4. The predicted molar refractivity (Wildman–Crippen MR) is 105 cm³/mol. The molecule has 5 heteroatoms. The van der Waals surface area contributed by atoms with Gasteiger partial charge in [0.05, 0.1) is 5.52 Å². The Bertz CT molecular complexity index is 822. The summed E-state index contributed by atoms with van der Waals surface area (Å²) in [4.78, 5) is 4.38. The second-order valence-corrected chi connectivity index (χ2v) is 6.75. The Hall–Kier alpha value is -2.14. The van der Waals surface area contributed by atoms with E-state index in [1.54, 1.807) is 6.20 Å². The van der Waals surface area contributed by atoms with Gasteiger partial charge in [-0.05, 0) is 43.2 Å². The summed E-state index contributed by atoms with van der Waals surface area (Å²) < 4.78 is 0. The van der Waals surface area contributed by atoms with Crippen LogP contribution in [0.4, 0.5) is 5.69 Å². The first-order valence-electron chi connectivity index (χ1n) is 8.46. The molecule has 4 nitrogen and oxygen atoms in total. The zero-order chi connectivity index (χ0) is 17.6. The summed E-state index contributed by atoms with van der Waals surface area (Å²) in [5, 5.41) is 7.19. The minimum absolute atomic E-state index is 0.295. The average molecular weight is 355 g/mol. The van der Waals surface area contributed by atoms with Gasteiger partial charge in [-0.2, -0.15) is 0 Å². The normalized spacial score (nSPS) is 12.5. The van der Waals surface area contributed by atoms with E-state index in [0.717, 1.165) is 36.1 Å². The van der Waals surface area contributed by atoms with Crippen LogP contribution in [0.2, 0.25) is 5.02 Å². The van der Waals surface area contributed by atoms with Crippen LogP contribution in [0.1, 0.15) is 18.9 Å². The van der Waals surface area contributed by atoms with Crippen LogP contribution in [-0.2, 0) is 6.54 Å². The molecule has 2 aromatic carbocycles. The number of anilines is 1. The second kappa shape index (κ2) is 8.30. The fourth-order valence-corrected chi connectivity index (χ4v) is 3.01. The number of hydrogen-bond donors (Lipinski definition) is 2. The summed E-state index contributed by atoms with van der Waals surface area (Å²) in [7, 11) is 0. The minimum atomic E-state index is 0.295. The zero-order valence-corrected chi connectivity index (χ0v) is 15.1. The largest absolute Gasteiger partial charge is 0.382 e. The van der Waals surface area contributed by atoms with Gasteiger partial charge < -0.3 is 5.32 Å². The van der Waals surface area contributed by atoms with Gasteiger partial charge in [-0.15, -0.1) is 0 Å². The smallest absolute Gasteiger partial charge is 0.0737 e. The lowest BCUT2D eigenvalue weighted by atomic mass is 10.1. The predicted octanol–water partition coefficient (Wildman–Crippen LogP) is 4.45. The Morgan fingerprint density at radius 1 is 1.16 bits per heavy atom. The fraction of sp³-hybridized carbons (Fsp3) is 0.250. The Morgan fingerprint density at radius 2 is 1.96 bits per heavy atom. The number of hydrogen-bond acceptors (Lipinski definition) is 4. The Balaban J connectivity index is 1.57. The van der Waals surface area contributed by atoms with Gasteiger partial charge in [0.1, 0.15) is 0 Å². The van der Waals surface area contributed by atoms with Crippen molar-refractivity contribution in [1.29, 1.82) is 0 Å². The Morgan fingerprint density at radius 3 is 2.76 bits per heavy atom. The number of aromatic nitrogens is 1. The van der Waals surface area contributed by atoms with Gasteiger partial charge in [0.15, 0.2) is 0 Å². The molecule has 3 rings (SSSR count). The SMILES string of the molecule is C[C@@H](CCN(N)Cc1ccccc1)Nc1ccnc2cc(Cl)ccc12. The molecule has 0 spiro atoms. The van der Waals surface area contributed by atoms with E-state index in [1.165, 1.54) is 5.56 Å². The molecule has 3 aromatic rings. The summed E-state index contributed by atoms with van der Waals surface area (Å²) in [6, 6.07) is 18.3. The summed E-state index contributed by atoms with van der Waals surface area (Å²) in [6.07, 6.45) is 2.75. The summed E-state index contributed by atoms with van der Waals surface area (Å²) in [5.41, 5.74) is 3.19. The highest BCUT2D eigenvalue weighted by molar-refractivity contribution is 6.31. The van der Waals surface area contributed by atoms with Crippen LogP contribution in [0.25, 0.3) is 10.9 Å². The maximum atomic E-state index is 6.14. The number of benzene rings is 2. The third-order valence-corrected chi connectivity index (χ3v) is 4.42. The van der Waals surface area contributed by atoms with Crippen molar-refractivity contribution in [2.24, 2.45) is 5.84 Å². The highest BCUT2D eigenvalue weighted by Crippen LogP contribution is 2.25. The number of pyridine rings is 1. The highest BCUT2D eigenvalue weighted by Gasteiger charge is 2.08. The third-order valence-electron chi connectivity index (χ3n) is 4.18. The van der Waals surface area contributed by atoms with E-state index in [4.69, 9.17) is 17.4 Å². The summed E-state index contributed by atoms with van der Waals surface area (Å²) in [5.74, 6) is 6.14. The van der Waals surface area contributed by atoms with E-state index in [0.29, 0.717) is 11.1 Å². The van der Waals surface area contributed by atoms with Crippen molar-refractivity contribution in [3.63, 3.8) is 0 Å². The molecule has 1 atom stereocenters. The standard InChI is InChI=1S/C20H23ClN4/c1-15(10-12-25(22)14-16-5-3-2-4-6-16)24-19-9-11-23-20-13-17(21)7-8-18(19)20/h2-9,11,13,15H,10,12,14,22H2,1H3,(H,23,24)/t15-/m0/s1. The van der Waals surface area contributed by atoms with Crippen molar-refractivity contribution in [2.45, 2.75) is 25.9 Å². The molecule has 0 saturated heterocycles. The number of rotatable bonds is 7. The molecule has 0 aliphatic heterocycles. The molecular weight excluding hydrogens is 332 g/mol. The molecule has 1 aromatic heterocycles. The fourth-order valence-electron chi connectivity index (χ4n) is 2.84. The molecule has 25 heavy (non-hydrogen) atoms. The Kier molecular flexibility index (Phi) is 5.87. The first-order chi connectivity index (χ1) is 12.1. The average Bonchev–Trinajstić information content (AvgIpc) is 2.61. The molecule has 0 aliphatic rings. The van der Waals surface area contributed by atoms with E-state index < -0.39 is 0 Å². The van der Waals surface area contributed by atoms with Crippen molar-refractivity contribution in [3.05, 3.63) is 71.4 Å². The van der Waals surface area contributed by atoms with Gasteiger partial charge in [-0.3, -0.25) is 10.8 Å². The molecule has 1 heterocycles. The molecule has 130 valence electrons. The lowest BCUT2D eigenvalue weighted by Gasteiger charge is -2.21. The van der Waals surface area contributed by atoms with Gasteiger partial charge in [0.2, 0.25) is 0 Å². The monoisotopic (exact) mass is 354 g/mol. The van der Waals surface area contributed by atoms with Crippen molar-refractivity contribution < 1.29 is 0 Å². The lowest BCUT2D eigenvalue weighted by Crippen LogP contribution is -2.34. The van der Waals surface area contributed by atoms with Crippen molar-refractivity contribution >= 4 is 28.2 Å². The van der Waals surface area contributed by atoms with Gasteiger partial charge in [0.25, 0.3) is 0 Å². The van der Waals surface area contributed by atoms with Crippen LogP contribution in [-0.4, -0.2) is 22.6 Å². The first-order valence-corrected chi connectivity index (χ1v) is 8.84. The van der Waals surface area contributed by atoms with Crippen LogP contribution in [0.3, 0.4) is 0 Å². The molecule has 0 fully saturated rings. The number of nitrogens with one attached hydrogen (secondary N) is 1. The molecule has 0 unspecified atom stereocenters. The third kappa shape index (κ3) is 4.92. The first kappa shape index (κ1) is 17.7. The van der Waals surface area contributed by atoms with Crippen molar-refractivity contribution in [1.82, 2.24) is 9.99 Å². The quantitative estimate of drug-likeness (QED) is 0.486. The van der Waals surface area contributed by atoms with Gasteiger partial charge >= 0.3 is 0 Å². The number of halogens is 1. The van der Waals surface area contributed by atoms with E-state index >= 15 is 0 Å². The zero-order valence-electron chi connectivity index (χ0n) is 14.3. The van der Waals surface area contributed by atoms with Crippen LogP contribution in [0.5, 0.6) is 0 Å². The van der Waals surface area contributed by atoms with Crippen molar-refractivity contribution in [3.8, 4) is 0 Å². The van der Waals surface area contributed by atoms with Crippen LogP contribution in [0.15, 0.2) is 60.8 Å². The van der Waals surface area contributed by atoms with Crippen LogP contribution < -0.4 is 11.2 Å². The highest BCUT2D eigenvalue weighted by atomic mass is 35.5. The molecule has 0 radical (unpaired) electrons. The molecule has 3 N–H and O–H groups in total. The molecule has 0 bridgehead atoms. The van der Waals surface area contributed by atoms with Crippen LogP contribution >= 0.6 is 11.6 Å². The molecule has 0 aliphatic carbocycles. The number of fused-ring (bicyclic) bond motifs is 1. The van der Waals surface area contributed by atoms with Crippen molar-refractivity contribution in [2.75, 3.05) is 11.9 Å².